The van der Waals surface area contributed by atoms with Crippen LogP contribution in [0.15, 0.2) is 29.3 Å². The molecule has 0 spiro atoms. The SMILES string of the molecule is CC(C)COc1ccc(C2=C(Cl)C(=O)N(CCOC(C)C)C2=O)cc1. The molecule has 0 atom stereocenters. The minimum absolute atomic E-state index is 0.0362. The van der Waals surface area contributed by atoms with Crippen molar-refractivity contribution in [1.82, 2.24) is 4.90 Å². The Hall–Kier alpha value is -1.85. The van der Waals surface area contributed by atoms with Crippen LogP contribution in [-0.2, 0) is 14.3 Å². The average Bonchev–Trinajstić information content (AvgIpc) is 2.77. The molecule has 136 valence electrons. The first kappa shape index (κ1) is 19.5. The molecule has 1 aromatic rings. The van der Waals surface area contributed by atoms with Crippen molar-refractivity contribution in [3.05, 3.63) is 34.9 Å². The number of benzene rings is 1. The standard InChI is InChI=1S/C19H24ClNO4/c1-12(2)11-25-15-7-5-14(6-8-15)16-17(20)19(23)21(18(16)22)9-10-24-13(3)4/h5-8,12-13H,9-11H2,1-4H3. The third-order valence-electron chi connectivity index (χ3n) is 3.60. The lowest BCUT2D eigenvalue weighted by Crippen LogP contribution is -2.34. The van der Waals surface area contributed by atoms with E-state index in [0.29, 0.717) is 23.8 Å². The lowest BCUT2D eigenvalue weighted by atomic mass is 10.1. The van der Waals surface area contributed by atoms with Crippen molar-refractivity contribution < 1.29 is 19.1 Å². The molecular weight excluding hydrogens is 342 g/mol. The lowest BCUT2D eigenvalue weighted by molar-refractivity contribution is -0.137. The van der Waals surface area contributed by atoms with E-state index in [-0.39, 0.29) is 29.9 Å². The molecule has 0 unspecified atom stereocenters. The normalized spacial score (nSPS) is 15.1. The first-order valence-electron chi connectivity index (χ1n) is 8.42. The van der Waals surface area contributed by atoms with Gasteiger partial charge in [0.05, 0.1) is 31.4 Å². The van der Waals surface area contributed by atoms with Crippen LogP contribution in [0.2, 0.25) is 0 Å². The van der Waals surface area contributed by atoms with Gasteiger partial charge in [-0.3, -0.25) is 14.5 Å². The van der Waals surface area contributed by atoms with Gasteiger partial charge in [-0.1, -0.05) is 37.6 Å². The molecule has 1 aliphatic rings. The first-order valence-corrected chi connectivity index (χ1v) is 8.79. The van der Waals surface area contributed by atoms with Gasteiger partial charge in [-0.2, -0.15) is 0 Å². The van der Waals surface area contributed by atoms with Crippen LogP contribution >= 0.6 is 11.6 Å². The second kappa shape index (κ2) is 8.50. The van der Waals surface area contributed by atoms with Crippen LogP contribution in [0.3, 0.4) is 0 Å². The number of nitrogens with zero attached hydrogens (tertiary/aromatic N) is 1. The number of ether oxygens (including phenoxy) is 2. The minimum atomic E-state index is -0.478. The van der Waals surface area contributed by atoms with Gasteiger partial charge in [0, 0.05) is 0 Å². The second-order valence-electron chi connectivity index (χ2n) is 6.60. The van der Waals surface area contributed by atoms with Gasteiger partial charge in [0.2, 0.25) is 0 Å². The number of rotatable bonds is 8. The molecule has 1 aliphatic heterocycles. The fourth-order valence-corrected chi connectivity index (χ4v) is 2.65. The minimum Gasteiger partial charge on any atom is -0.493 e. The third-order valence-corrected chi connectivity index (χ3v) is 3.95. The fourth-order valence-electron chi connectivity index (χ4n) is 2.36. The topological polar surface area (TPSA) is 55.8 Å². The van der Waals surface area contributed by atoms with E-state index < -0.39 is 11.8 Å². The Morgan fingerprint density at radius 2 is 1.68 bits per heavy atom. The van der Waals surface area contributed by atoms with Gasteiger partial charge in [0.1, 0.15) is 10.8 Å². The van der Waals surface area contributed by atoms with Crippen LogP contribution in [0, 0.1) is 5.92 Å². The molecule has 2 amide bonds. The van der Waals surface area contributed by atoms with Crippen LogP contribution in [0.25, 0.3) is 5.57 Å². The van der Waals surface area contributed by atoms with E-state index in [1.54, 1.807) is 24.3 Å². The maximum atomic E-state index is 12.6. The van der Waals surface area contributed by atoms with Crippen molar-refractivity contribution in [2.75, 3.05) is 19.8 Å². The zero-order valence-corrected chi connectivity index (χ0v) is 15.8. The molecule has 1 aromatic carbocycles. The van der Waals surface area contributed by atoms with E-state index >= 15 is 0 Å². The Labute approximate surface area is 153 Å². The summed E-state index contributed by atoms with van der Waals surface area (Å²) >= 11 is 6.13. The van der Waals surface area contributed by atoms with E-state index in [2.05, 4.69) is 13.8 Å². The van der Waals surface area contributed by atoms with Gasteiger partial charge in [-0.25, -0.2) is 0 Å². The molecule has 6 heteroatoms. The Balaban J connectivity index is 2.10. The van der Waals surface area contributed by atoms with Gasteiger partial charge in [-0.15, -0.1) is 0 Å². The zero-order valence-electron chi connectivity index (χ0n) is 15.0. The smallest absolute Gasteiger partial charge is 0.273 e. The highest BCUT2D eigenvalue weighted by atomic mass is 35.5. The number of hydrogen-bond acceptors (Lipinski definition) is 4. The number of hydrogen-bond donors (Lipinski definition) is 0. The van der Waals surface area contributed by atoms with Crippen LogP contribution in [0.1, 0.15) is 33.3 Å². The third kappa shape index (κ3) is 4.83. The van der Waals surface area contributed by atoms with Crippen LogP contribution < -0.4 is 4.74 Å². The van der Waals surface area contributed by atoms with E-state index in [4.69, 9.17) is 21.1 Å². The summed E-state index contributed by atoms with van der Waals surface area (Å²) in [4.78, 5) is 26.0. The molecule has 0 bridgehead atoms. The highest BCUT2D eigenvalue weighted by molar-refractivity contribution is 6.55. The Morgan fingerprint density at radius 1 is 1.04 bits per heavy atom. The molecule has 0 radical (unpaired) electrons. The van der Waals surface area contributed by atoms with Crippen molar-refractivity contribution in [2.45, 2.75) is 33.8 Å². The maximum absolute atomic E-state index is 12.6. The molecule has 5 nitrogen and oxygen atoms in total. The van der Waals surface area contributed by atoms with Gasteiger partial charge in [-0.05, 0) is 37.5 Å². The zero-order chi connectivity index (χ0) is 18.6. The van der Waals surface area contributed by atoms with Gasteiger partial charge < -0.3 is 9.47 Å². The summed E-state index contributed by atoms with van der Waals surface area (Å²) in [5.74, 6) is 0.271. The van der Waals surface area contributed by atoms with E-state index in [9.17, 15) is 9.59 Å². The molecule has 0 aliphatic carbocycles. The molecule has 0 fully saturated rings. The molecule has 2 rings (SSSR count). The lowest BCUT2D eigenvalue weighted by Gasteiger charge is -2.16. The van der Waals surface area contributed by atoms with E-state index in [1.807, 2.05) is 13.8 Å². The number of amides is 2. The number of halogens is 1. The number of carbonyl (C=O) groups excluding carboxylic acids is 2. The summed E-state index contributed by atoms with van der Waals surface area (Å²) in [5, 5.41) is -0.0506. The van der Waals surface area contributed by atoms with E-state index in [1.165, 1.54) is 0 Å². The second-order valence-corrected chi connectivity index (χ2v) is 6.98. The summed E-state index contributed by atoms with van der Waals surface area (Å²) in [6.45, 7) is 9.02. The van der Waals surface area contributed by atoms with Crippen molar-refractivity contribution in [3.8, 4) is 5.75 Å². The Morgan fingerprint density at radius 3 is 2.24 bits per heavy atom. The number of imide groups is 1. The largest absolute Gasteiger partial charge is 0.493 e. The monoisotopic (exact) mass is 365 g/mol. The van der Waals surface area contributed by atoms with Gasteiger partial charge >= 0.3 is 0 Å². The van der Waals surface area contributed by atoms with Crippen molar-refractivity contribution >= 4 is 29.0 Å². The first-order chi connectivity index (χ1) is 11.8. The predicted octanol–water partition coefficient (Wildman–Crippen LogP) is 3.47. The van der Waals surface area contributed by atoms with Crippen molar-refractivity contribution in [1.29, 1.82) is 0 Å². The average molecular weight is 366 g/mol. The molecule has 0 N–H and O–H groups in total. The molecule has 0 saturated heterocycles. The van der Waals surface area contributed by atoms with E-state index in [0.717, 1.165) is 4.90 Å². The van der Waals surface area contributed by atoms with Gasteiger partial charge in [0.15, 0.2) is 0 Å². The fraction of sp³-hybridized carbons (Fsp3) is 0.474. The van der Waals surface area contributed by atoms with Crippen molar-refractivity contribution in [2.24, 2.45) is 5.92 Å². The van der Waals surface area contributed by atoms with Gasteiger partial charge in [0.25, 0.3) is 11.8 Å². The summed E-state index contributed by atoms with van der Waals surface area (Å²) in [7, 11) is 0. The van der Waals surface area contributed by atoms with Crippen molar-refractivity contribution in [3.63, 3.8) is 0 Å². The van der Waals surface area contributed by atoms with Crippen LogP contribution in [0.4, 0.5) is 0 Å². The van der Waals surface area contributed by atoms with Crippen LogP contribution in [-0.4, -0.2) is 42.6 Å². The summed E-state index contributed by atoms with van der Waals surface area (Å²) in [6.07, 6.45) is 0.0362. The summed E-state index contributed by atoms with van der Waals surface area (Å²) in [6, 6.07) is 7.04. The maximum Gasteiger partial charge on any atom is 0.273 e. The van der Waals surface area contributed by atoms with Crippen LogP contribution in [0.5, 0.6) is 5.75 Å². The molecule has 1 heterocycles. The summed E-state index contributed by atoms with van der Waals surface area (Å²) in [5.41, 5.74) is 0.833. The quantitative estimate of drug-likeness (QED) is 0.662. The highest BCUT2D eigenvalue weighted by Gasteiger charge is 2.37. The Kier molecular flexibility index (Phi) is 6.62. The molecular formula is C19H24ClNO4. The predicted molar refractivity (Wildman–Crippen MR) is 97.4 cm³/mol. The molecule has 25 heavy (non-hydrogen) atoms. The molecule has 0 saturated carbocycles. The molecule has 0 aromatic heterocycles. The Bertz CT molecular complexity index is 665. The highest BCUT2D eigenvalue weighted by Crippen LogP contribution is 2.32. The number of carbonyl (C=O) groups is 2. The summed E-state index contributed by atoms with van der Waals surface area (Å²) < 4.78 is 11.0.